The minimum atomic E-state index is -1.51. The molecule has 5 heteroatoms. The number of hydrogen-bond donors (Lipinski definition) is 2. The van der Waals surface area contributed by atoms with Crippen LogP contribution >= 0.6 is 11.3 Å². The van der Waals surface area contributed by atoms with Crippen molar-refractivity contribution in [3.63, 3.8) is 0 Å². The number of nitrogens with zero attached hydrogens (tertiary/aromatic N) is 1. The molecule has 0 bridgehead atoms. The zero-order chi connectivity index (χ0) is 19.5. The lowest BCUT2D eigenvalue weighted by Gasteiger charge is -2.12. The van der Waals surface area contributed by atoms with Crippen molar-refractivity contribution in [2.75, 3.05) is 0 Å². The highest BCUT2D eigenvalue weighted by Crippen LogP contribution is 2.40. The van der Waals surface area contributed by atoms with Crippen molar-refractivity contribution in [2.45, 2.75) is 0 Å². The minimum absolute atomic E-state index is 0.543. The number of rotatable bonds is 2. The summed E-state index contributed by atoms with van der Waals surface area (Å²) >= 11 is 1.69. The molecule has 0 aliphatic carbocycles. The summed E-state index contributed by atoms with van der Waals surface area (Å²) < 4.78 is 4.48. The van der Waals surface area contributed by atoms with Gasteiger partial charge in [0.05, 0.1) is 21.4 Å². The number of hydrogen-bond acceptors (Lipinski definition) is 3. The van der Waals surface area contributed by atoms with Gasteiger partial charge in [0.25, 0.3) is 0 Å². The Morgan fingerprint density at radius 2 is 1.24 bits per heavy atom. The maximum atomic E-state index is 10.0. The van der Waals surface area contributed by atoms with Gasteiger partial charge in [0, 0.05) is 26.2 Å². The first kappa shape index (κ1) is 16.8. The second-order valence-corrected chi connectivity index (χ2v) is 8.27. The van der Waals surface area contributed by atoms with Gasteiger partial charge in [-0.1, -0.05) is 60.7 Å². The molecule has 3 nitrogen and oxygen atoms in total. The summed E-state index contributed by atoms with van der Waals surface area (Å²) in [4.78, 5) is 0. The summed E-state index contributed by atoms with van der Waals surface area (Å²) in [5.41, 5.74) is 3.89. The Bertz CT molecular complexity index is 1490. The molecule has 4 aromatic carbocycles. The maximum Gasteiger partial charge on any atom is 0.489 e. The lowest BCUT2D eigenvalue weighted by molar-refractivity contribution is 0.426. The third kappa shape index (κ3) is 2.32. The molecular formula is C24H16BNO2S. The molecule has 29 heavy (non-hydrogen) atoms. The van der Waals surface area contributed by atoms with Crippen LogP contribution in [0, 0.1) is 0 Å². The van der Waals surface area contributed by atoms with Gasteiger partial charge in [0.15, 0.2) is 0 Å². The Morgan fingerprint density at radius 3 is 1.90 bits per heavy atom. The van der Waals surface area contributed by atoms with Crippen molar-refractivity contribution in [1.29, 1.82) is 0 Å². The van der Waals surface area contributed by atoms with E-state index >= 15 is 0 Å². The molecule has 6 aromatic rings. The fraction of sp³-hybridized carbons (Fsp3) is 0. The second kappa shape index (κ2) is 6.19. The predicted octanol–water partition coefficient (Wildman–Crippen LogP) is 4.83. The standard InChI is InChI=1S/C24H16BNO2S/c27-25(28)18-13-14-21(24-23(18)17-9-3-6-12-22(17)29-24)26-19-10-4-1-7-15(19)16-8-2-5-11-20(16)26/h1-14,27-28H. The van der Waals surface area contributed by atoms with Crippen LogP contribution in [0.3, 0.4) is 0 Å². The molecule has 138 valence electrons. The normalized spacial score (nSPS) is 11.8. The number of thiophene rings is 1. The number of fused-ring (bicyclic) bond motifs is 6. The van der Waals surface area contributed by atoms with E-state index in [-0.39, 0.29) is 0 Å². The van der Waals surface area contributed by atoms with Gasteiger partial charge >= 0.3 is 7.12 Å². The van der Waals surface area contributed by atoms with Gasteiger partial charge in [-0.05, 0) is 29.7 Å². The van der Waals surface area contributed by atoms with E-state index < -0.39 is 7.12 Å². The predicted molar refractivity (Wildman–Crippen MR) is 123 cm³/mol. The largest absolute Gasteiger partial charge is 0.489 e. The van der Waals surface area contributed by atoms with E-state index in [9.17, 15) is 10.0 Å². The van der Waals surface area contributed by atoms with Crippen molar-refractivity contribution in [3.8, 4) is 5.69 Å². The van der Waals surface area contributed by atoms with Crippen LogP contribution in [0.2, 0.25) is 0 Å². The Morgan fingerprint density at radius 1 is 0.655 bits per heavy atom. The summed E-state index contributed by atoms with van der Waals surface area (Å²) in [7, 11) is -1.51. The second-order valence-electron chi connectivity index (χ2n) is 7.22. The van der Waals surface area contributed by atoms with Crippen molar-refractivity contribution in [1.82, 2.24) is 4.57 Å². The van der Waals surface area contributed by atoms with Crippen LogP contribution < -0.4 is 5.46 Å². The lowest BCUT2D eigenvalue weighted by atomic mass is 9.77. The summed E-state index contributed by atoms with van der Waals surface area (Å²) in [6.07, 6.45) is 0. The molecule has 0 unspecified atom stereocenters. The van der Waals surface area contributed by atoms with Crippen molar-refractivity contribution >= 4 is 65.9 Å². The summed E-state index contributed by atoms with van der Waals surface area (Å²) in [5, 5.41) is 24.4. The summed E-state index contributed by atoms with van der Waals surface area (Å²) in [5.74, 6) is 0. The molecule has 2 aromatic heterocycles. The quantitative estimate of drug-likeness (QED) is 0.414. The first-order valence-corrected chi connectivity index (χ1v) is 10.3. The molecule has 0 saturated carbocycles. The highest BCUT2D eigenvalue weighted by molar-refractivity contribution is 7.26. The zero-order valence-corrected chi connectivity index (χ0v) is 16.2. The Labute approximate surface area is 171 Å². The summed E-state index contributed by atoms with van der Waals surface area (Å²) in [6.45, 7) is 0. The first-order valence-electron chi connectivity index (χ1n) is 9.53. The van der Waals surface area contributed by atoms with Crippen LogP contribution in [0.15, 0.2) is 84.9 Å². The molecule has 0 saturated heterocycles. The molecule has 6 rings (SSSR count). The van der Waals surface area contributed by atoms with Crippen molar-refractivity contribution < 1.29 is 10.0 Å². The van der Waals surface area contributed by atoms with Gasteiger partial charge in [0.1, 0.15) is 0 Å². The molecule has 0 spiro atoms. The lowest BCUT2D eigenvalue weighted by Crippen LogP contribution is -2.30. The van der Waals surface area contributed by atoms with Gasteiger partial charge in [-0.3, -0.25) is 0 Å². The summed E-state index contributed by atoms with van der Waals surface area (Å²) in [6, 6.07) is 28.9. The highest BCUT2D eigenvalue weighted by atomic mass is 32.1. The molecule has 0 aliphatic heterocycles. The Hall–Kier alpha value is -3.12. The third-order valence-electron chi connectivity index (χ3n) is 5.64. The Kier molecular flexibility index (Phi) is 3.59. The SMILES string of the molecule is OB(O)c1ccc(-n2c3ccccc3c3ccccc32)c2sc3ccccc3c12. The van der Waals surface area contributed by atoms with Gasteiger partial charge in [-0.2, -0.15) is 0 Å². The molecular weight excluding hydrogens is 377 g/mol. The van der Waals surface area contributed by atoms with Crippen LogP contribution in [0.25, 0.3) is 47.7 Å². The average Bonchev–Trinajstić information content (AvgIpc) is 3.29. The van der Waals surface area contributed by atoms with E-state index in [1.807, 2.05) is 24.3 Å². The fourth-order valence-corrected chi connectivity index (χ4v) is 5.65. The molecule has 0 fully saturated rings. The topological polar surface area (TPSA) is 45.4 Å². The number of para-hydroxylation sites is 2. The van der Waals surface area contributed by atoms with E-state index in [0.29, 0.717) is 5.46 Å². The average molecular weight is 393 g/mol. The van der Waals surface area contributed by atoms with E-state index in [0.717, 1.165) is 36.9 Å². The van der Waals surface area contributed by atoms with E-state index in [2.05, 4.69) is 65.2 Å². The van der Waals surface area contributed by atoms with Gasteiger partial charge < -0.3 is 14.6 Å². The molecule has 2 N–H and O–H groups in total. The van der Waals surface area contributed by atoms with Crippen LogP contribution in [-0.4, -0.2) is 21.7 Å². The van der Waals surface area contributed by atoms with E-state index in [1.165, 1.54) is 10.8 Å². The Balaban J connectivity index is 1.83. The van der Waals surface area contributed by atoms with Crippen LogP contribution in [0.4, 0.5) is 0 Å². The van der Waals surface area contributed by atoms with E-state index in [4.69, 9.17) is 0 Å². The van der Waals surface area contributed by atoms with Crippen LogP contribution in [0.5, 0.6) is 0 Å². The van der Waals surface area contributed by atoms with Gasteiger partial charge in [-0.25, -0.2) is 0 Å². The molecule has 2 heterocycles. The fourth-order valence-electron chi connectivity index (χ4n) is 4.41. The molecule has 0 amide bonds. The third-order valence-corrected chi connectivity index (χ3v) is 6.83. The first-order chi connectivity index (χ1) is 14.2. The highest BCUT2D eigenvalue weighted by Gasteiger charge is 2.22. The van der Waals surface area contributed by atoms with Crippen LogP contribution in [-0.2, 0) is 0 Å². The monoisotopic (exact) mass is 393 g/mol. The molecule has 0 aliphatic rings. The van der Waals surface area contributed by atoms with Crippen molar-refractivity contribution in [3.05, 3.63) is 84.9 Å². The zero-order valence-electron chi connectivity index (χ0n) is 15.4. The van der Waals surface area contributed by atoms with Crippen molar-refractivity contribution in [2.24, 2.45) is 0 Å². The van der Waals surface area contributed by atoms with E-state index in [1.54, 1.807) is 11.3 Å². The van der Waals surface area contributed by atoms with Crippen LogP contribution in [0.1, 0.15) is 0 Å². The molecule has 0 radical (unpaired) electrons. The van der Waals surface area contributed by atoms with Gasteiger partial charge in [0.2, 0.25) is 0 Å². The van der Waals surface area contributed by atoms with Gasteiger partial charge in [-0.15, -0.1) is 11.3 Å². The molecule has 0 atom stereocenters. The number of benzene rings is 4. The number of aromatic nitrogens is 1. The smallest absolute Gasteiger partial charge is 0.423 e. The maximum absolute atomic E-state index is 10.0. The minimum Gasteiger partial charge on any atom is -0.423 e.